The minimum atomic E-state index is -1.13. The van der Waals surface area contributed by atoms with E-state index in [-0.39, 0.29) is 5.56 Å². The van der Waals surface area contributed by atoms with Crippen LogP contribution in [0.1, 0.15) is 15.9 Å². The van der Waals surface area contributed by atoms with Crippen LogP contribution in [0.5, 0.6) is 5.75 Å². The van der Waals surface area contributed by atoms with Gasteiger partial charge in [-0.05, 0) is 41.0 Å². The van der Waals surface area contributed by atoms with Crippen LogP contribution >= 0.6 is 0 Å². The summed E-state index contributed by atoms with van der Waals surface area (Å²) >= 11 is 0. The van der Waals surface area contributed by atoms with Crippen LogP contribution < -0.4 is 4.74 Å². The molecule has 1 aliphatic heterocycles. The summed E-state index contributed by atoms with van der Waals surface area (Å²) in [5, 5.41) is 9.15. The van der Waals surface area contributed by atoms with Gasteiger partial charge in [-0.3, -0.25) is 0 Å². The van der Waals surface area contributed by atoms with E-state index in [0.717, 1.165) is 29.4 Å². The van der Waals surface area contributed by atoms with Gasteiger partial charge in [0.25, 0.3) is 0 Å². The quantitative estimate of drug-likeness (QED) is 0.900. The molecule has 4 heteroatoms. The van der Waals surface area contributed by atoms with Gasteiger partial charge in [-0.15, -0.1) is 0 Å². The molecule has 0 aromatic heterocycles. The second kappa shape index (κ2) is 4.39. The van der Waals surface area contributed by atoms with E-state index in [4.69, 9.17) is 9.84 Å². The highest BCUT2D eigenvalue weighted by Gasteiger charge is 2.16. The maximum absolute atomic E-state index is 13.2. The molecule has 0 fully saturated rings. The standard InChI is InChI=1S/C15H11FO3/c16-11-2-3-12(13(8-11)15(17)18)9-1-4-14-10(7-9)5-6-19-14/h1-4,7-8H,5-6H2,(H,17,18). The Labute approximate surface area is 109 Å². The van der Waals surface area contributed by atoms with Crippen LogP contribution in [-0.4, -0.2) is 17.7 Å². The number of aromatic carboxylic acids is 1. The molecule has 3 rings (SSSR count). The normalized spacial score (nSPS) is 12.9. The fraction of sp³-hybridized carbons (Fsp3) is 0.133. The highest BCUT2D eigenvalue weighted by Crippen LogP contribution is 2.32. The van der Waals surface area contributed by atoms with Crippen molar-refractivity contribution in [1.82, 2.24) is 0 Å². The summed E-state index contributed by atoms with van der Waals surface area (Å²) < 4.78 is 18.6. The Morgan fingerprint density at radius 2 is 2.05 bits per heavy atom. The molecular weight excluding hydrogens is 247 g/mol. The van der Waals surface area contributed by atoms with Gasteiger partial charge in [0.15, 0.2) is 0 Å². The van der Waals surface area contributed by atoms with Crippen molar-refractivity contribution in [1.29, 1.82) is 0 Å². The summed E-state index contributed by atoms with van der Waals surface area (Å²) in [6, 6.07) is 9.34. The zero-order valence-corrected chi connectivity index (χ0v) is 10.0. The van der Waals surface area contributed by atoms with Crippen molar-refractivity contribution in [2.75, 3.05) is 6.61 Å². The molecule has 0 bridgehead atoms. The molecule has 1 N–H and O–H groups in total. The number of hydrogen-bond acceptors (Lipinski definition) is 2. The van der Waals surface area contributed by atoms with E-state index in [0.29, 0.717) is 12.2 Å². The summed E-state index contributed by atoms with van der Waals surface area (Å²) in [7, 11) is 0. The third kappa shape index (κ3) is 2.05. The first-order chi connectivity index (χ1) is 9.15. The van der Waals surface area contributed by atoms with E-state index in [9.17, 15) is 9.18 Å². The lowest BCUT2D eigenvalue weighted by Gasteiger charge is -2.08. The Hall–Kier alpha value is -2.36. The van der Waals surface area contributed by atoms with Crippen molar-refractivity contribution >= 4 is 5.97 Å². The van der Waals surface area contributed by atoms with Gasteiger partial charge in [0.1, 0.15) is 11.6 Å². The van der Waals surface area contributed by atoms with Crippen molar-refractivity contribution in [3.63, 3.8) is 0 Å². The Bertz CT molecular complexity index is 664. The first kappa shape index (κ1) is 11.7. The lowest BCUT2D eigenvalue weighted by atomic mass is 9.97. The molecule has 0 atom stereocenters. The minimum absolute atomic E-state index is 0.0288. The fourth-order valence-electron chi connectivity index (χ4n) is 2.30. The largest absolute Gasteiger partial charge is 0.493 e. The van der Waals surface area contributed by atoms with Gasteiger partial charge in [0.2, 0.25) is 0 Å². The van der Waals surface area contributed by atoms with E-state index in [1.54, 1.807) is 6.07 Å². The van der Waals surface area contributed by atoms with Gasteiger partial charge in [-0.25, -0.2) is 9.18 Å². The topological polar surface area (TPSA) is 46.5 Å². The van der Waals surface area contributed by atoms with E-state index < -0.39 is 11.8 Å². The van der Waals surface area contributed by atoms with Crippen LogP contribution in [0.15, 0.2) is 36.4 Å². The molecule has 1 heterocycles. The third-order valence-corrected chi connectivity index (χ3v) is 3.21. The zero-order valence-electron chi connectivity index (χ0n) is 10.0. The van der Waals surface area contributed by atoms with Crippen molar-refractivity contribution < 1.29 is 19.0 Å². The average molecular weight is 258 g/mol. The highest BCUT2D eigenvalue weighted by molar-refractivity contribution is 5.96. The van der Waals surface area contributed by atoms with Gasteiger partial charge in [0.05, 0.1) is 12.2 Å². The van der Waals surface area contributed by atoms with Gasteiger partial charge in [-0.1, -0.05) is 12.1 Å². The first-order valence-corrected chi connectivity index (χ1v) is 5.94. The number of ether oxygens (including phenoxy) is 1. The van der Waals surface area contributed by atoms with Crippen LogP contribution in [0, 0.1) is 5.82 Å². The maximum atomic E-state index is 13.2. The molecule has 0 unspecified atom stereocenters. The molecule has 3 nitrogen and oxygen atoms in total. The smallest absolute Gasteiger partial charge is 0.336 e. The number of fused-ring (bicyclic) bond motifs is 1. The number of carbonyl (C=O) groups is 1. The highest BCUT2D eigenvalue weighted by atomic mass is 19.1. The second-order valence-corrected chi connectivity index (χ2v) is 4.42. The van der Waals surface area contributed by atoms with Gasteiger partial charge < -0.3 is 9.84 Å². The van der Waals surface area contributed by atoms with E-state index in [1.807, 2.05) is 12.1 Å². The molecule has 96 valence electrons. The molecule has 2 aromatic carbocycles. The van der Waals surface area contributed by atoms with Crippen molar-refractivity contribution in [2.24, 2.45) is 0 Å². The Morgan fingerprint density at radius 3 is 2.84 bits per heavy atom. The molecule has 0 saturated heterocycles. The summed E-state index contributed by atoms with van der Waals surface area (Å²) in [5.74, 6) is -0.848. The molecule has 1 aliphatic rings. The molecule has 0 saturated carbocycles. The number of benzene rings is 2. The molecule has 0 spiro atoms. The molecular formula is C15H11FO3. The van der Waals surface area contributed by atoms with E-state index in [2.05, 4.69) is 0 Å². The second-order valence-electron chi connectivity index (χ2n) is 4.42. The number of hydrogen-bond donors (Lipinski definition) is 1. The summed E-state index contributed by atoms with van der Waals surface area (Å²) in [5.41, 5.74) is 2.31. The zero-order chi connectivity index (χ0) is 13.4. The van der Waals surface area contributed by atoms with Crippen LogP contribution in [0.2, 0.25) is 0 Å². The number of carboxylic acid groups (broad SMARTS) is 1. The van der Waals surface area contributed by atoms with Crippen molar-refractivity contribution in [2.45, 2.75) is 6.42 Å². The van der Waals surface area contributed by atoms with Gasteiger partial charge >= 0.3 is 5.97 Å². The molecule has 0 radical (unpaired) electrons. The average Bonchev–Trinajstić information content (AvgIpc) is 2.85. The Morgan fingerprint density at radius 1 is 1.21 bits per heavy atom. The number of carboxylic acids is 1. The summed E-state index contributed by atoms with van der Waals surface area (Å²) in [6.07, 6.45) is 0.812. The molecule has 0 aliphatic carbocycles. The fourth-order valence-corrected chi connectivity index (χ4v) is 2.30. The predicted molar refractivity (Wildman–Crippen MR) is 68.0 cm³/mol. The number of rotatable bonds is 2. The van der Waals surface area contributed by atoms with Crippen molar-refractivity contribution in [3.05, 3.63) is 53.3 Å². The van der Waals surface area contributed by atoms with Gasteiger partial charge in [0, 0.05) is 6.42 Å². The van der Waals surface area contributed by atoms with Gasteiger partial charge in [-0.2, -0.15) is 0 Å². The predicted octanol–water partition coefficient (Wildman–Crippen LogP) is 3.13. The monoisotopic (exact) mass is 258 g/mol. The molecule has 0 amide bonds. The maximum Gasteiger partial charge on any atom is 0.336 e. The van der Waals surface area contributed by atoms with Crippen LogP contribution in [0.3, 0.4) is 0 Å². The SMILES string of the molecule is O=C(O)c1cc(F)ccc1-c1ccc2c(c1)CCO2. The minimum Gasteiger partial charge on any atom is -0.493 e. The Kier molecular flexibility index (Phi) is 2.71. The van der Waals surface area contributed by atoms with E-state index >= 15 is 0 Å². The molecule has 2 aromatic rings. The van der Waals surface area contributed by atoms with Crippen LogP contribution in [0.25, 0.3) is 11.1 Å². The first-order valence-electron chi connectivity index (χ1n) is 5.94. The number of halogens is 1. The summed E-state index contributed by atoms with van der Waals surface area (Å²) in [4.78, 5) is 11.2. The van der Waals surface area contributed by atoms with E-state index in [1.165, 1.54) is 12.1 Å². The lowest BCUT2D eigenvalue weighted by molar-refractivity contribution is 0.0697. The lowest BCUT2D eigenvalue weighted by Crippen LogP contribution is -2.00. The Balaban J connectivity index is 2.14. The van der Waals surface area contributed by atoms with Crippen LogP contribution in [0.4, 0.5) is 4.39 Å². The summed E-state index contributed by atoms with van der Waals surface area (Å²) in [6.45, 7) is 0.647. The van der Waals surface area contributed by atoms with Crippen LogP contribution in [-0.2, 0) is 6.42 Å². The van der Waals surface area contributed by atoms with Crippen molar-refractivity contribution in [3.8, 4) is 16.9 Å². The molecule has 19 heavy (non-hydrogen) atoms. The third-order valence-electron chi connectivity index (χ3n) is 3.21.